The van der Waals surface area contributed by atoms with E-state index >= 15 is 0 Å². The summed E-state index contributed by atoms with van der Waals surface area (Å²) in [6, 6.07) is 5.86. The lowest BCUT2D eigenvalue weighted by atomic mass is 10.1. The van der Waals surface area contributed by atoms with Gasteiger partial charge in [-0.15, -0.1) is 0 Å². The second kappa shape index (κ2) is 7.64. The number of nitrogens with one attached hydrogen (secondary N) is 2. The highest BCUT2D eigenvalue weighted by Gasteiger charge is 2.32. The molecule has 1 aromatic rings. The van der Waals surface area contributed by atoms with E-state index < -0.39 is 5.25 Å². The summed E-state index contributed by atoms with van der Waals surface area (Å²) in [6.07, 6.45) is 0.143. The molecule has 23 heavy (non-hydrogen) atoms. The van der Waals surface area contributed by atoms with Crippen LogP contribution in [-0.4, -0.2) is 28.8 Å². The molecule has 0 aromatic heterocycles. The van der Waals surface area contributed by atoms with Gasteiger partial charge in [-0.3, -0.25) is 14.6 Å². The molecule has 1 saturated heterocycles. The number of rotatable bonds is 5. The number of anilines is 1. The Bertz CT molecular complexity index is 641. The Morgan fingerprint density at radius 1 is 1.39 bits per heavy atom. The Balaban J connectivity index is 1.92. The maximum absolute atomic E-state index is 12.2. The Kier molecular flexibility index (Phi) is 5.82. The molecule has 0 bridgehead atoms. The molecule has 2 N–H and O–H groups in total. The fourth-order valence-corrected chi connectivity index (χ4v) is 3.18. The second-order valence-corrected chi connectivity index (χ2v) is 7.40. The summed E-state index contributed by atoms with van der Waals surface area (Å²) in [4.78, 5) is 28.5. The number of hydrogen-bond donors (Lipinski definition) is 2. The molecule has 0 aliphatic carbocycles. The van der Waals surface area contributed by atoms with Gasteiger partial charge in [0.25, 0.3) is 0 Å². The van der Waals surface area contributed by atoms with Crippen molar-refractivity contribution in [2.45, 2.75) is 39.4 Å². The van der Waals surface area contributed by atoms with Crippen LogP contribution in [0, 0.1) is 19.8 Å². The number of thioether (sulfide) groups is 1. The highest BCUT2D eigenvalue weighted by Crippen LogP contribution is 2.24. The SMILES string of the molecule is Cc1ccc(NC(=O)C[C@@H]2SC(=NCC(C)C)NC2=O)c(C)c1. The lowest BCUT2D eigenvalue weighted by molar-refractivity contribution is -0.122. The summed E-state index contributed by atoms with van der Waals surface area (Å²) in [5, 5.41) is 5.83. The molecule has 1 heterocycles. The summed E-state index contributed by atoms with van der Waals surface area (Å²) < 4.78 is 0. The Morgan fingerprint density at radius 3 is 2.78 bits per heavy atom. The van der Waals surface area contributed by atoms with Gasteiger partial charge in [0.05, 0.1) is 0 Å². The average Bonchev–Trinajstić information content (AvgIpc) is 2.80. The first-order valence-corrected chi connectivity index (χ1v) is 8.62. The number of carbonyl (C=O) groups is 2. The van der Waals surface area contributed by atoms with Gasteiger partial charge in [-0.1, -0.05) is 43.3 Å². The Morgan fingerprint density at radius 2 is 2.13 bits per heavy atom. The van der Waals surface area contributed by atoms with E-state index in [-0.39, 0.29) is 18.2 Å². The first-order chi connectivity index (χ1) is 10.8. The second-order valence-electron chi connectivity index (χ2n) is 6.21. The number of carbonyl (C=O) groups excluding carboxylic acids is 2. The minimum atomic E-state index is -0.410. The van der Waals surface area contributed by atoms with E-state index in [2.05, 4.69) is 29.5 Å². The zero-order valence-electron chi connectivity index (χ0n) is 14.0. The third-order valence-electron chi connectivity index (χ3n) is 3.40. The number of nitrogens with zero attached hydrogens (tertiary/aromatic N) is 1. The highest BCUT2D eigenvalue weighted by atomic mass is 32.2. The third kappa shape index (κ3) is 5.10. The number of amides is 2. The van der Waals surface area contributed by atoms with Gasteiger partial charge < -0.3 is 10.6 Å². The Hall–Kier alpha value is -1.82. The van der Waals surface area contributed by atoms with Crippen molar-refractivity contribution < 1.29 is 9.59 Å². The fraction of sp³-hybridized carbons (Fsp3) is 0.471. The van der Waals surface area contributed by atoms with Gasteiger partial charge in [-0.2, -0.15) is 0 Å². The Labute approximate surface area is 141 Å². The van der Waals surface area contributed by atoms with Crippen molar-refractivity contribution in [3.63, 3.8) is 0 Å². The van der Waals surface area contributed by atoms with Gasteiger partial charge in [0, 0.05) is 18.7 Å². The minimum Gasteiger partial charge on any atom is -0.326 e. The summed E-state index contributed by atoms with van der Waals surface area (Å²) in [6.45, 7) is 8.78. The zero-order valence-corrected chi connectivity index (χ0v) is 14.8. The lowest BCUT2D eigenvalue weighted by Crippen LogP contribution is -2.28. The summed E-state index contributed by atoms with van der Waals surface area (Å²) in [5.41, 5.74) is 2.95. The van der Waals surface area contributed by atoms with Crippen LogP contribution in [0.4, 0.5) is 5.69 Å². The molecular weight excluding hydrogens is 310 g/mol. The van der Waals surface area contributed by atoms with E-state index in [0.29, 0.717) is 17.6 Å². The highest BCUT2D eigenvalue weighted by molar-refractivity contribution is 8.15. The van der Waals surface area contributed by atoms with Gasteiger partial charge in [-0.25, -0.2) is 0 Å². The smallest absolute Gasteiger partial charge is 0.240 e. The molecule has 1 aliphatic heterocycles. The first kappa shape index (κ1) is 17.5. The van der Waals surface area contributed by atoms with Gasteiger partial charge in [0.15, 0.2) is 5.17 Å². The van der Waals surface area contributed by atoms with Crippen molar-refractivity contribution in [1.29, 1.82) is 0 Å². The zero-order chi connectivity index (χ0) is 17.0. The third-order valence-corrected chi connectivity index (χ3v) is 4.52. The number of aliphatic imine (C=N–C) groups is 1. The van der Waals surface area contributed by atoms with Crippen LogP contribution in [0.5, 0.6) is 0 Å². The topological polar surface area (TPSA) is 70.6 Å². The molecule has 2 rings (SSSR count). The number of aryl methyl sites for hydroxylation is 2. The fourth-order valence-electron chi connectivity index (χ4n) is 2.20. The predicted octanol–water partition coefficient (Wildman–Crippen LogP) is 2.88. The van der Waals surface area contributed by atoms with Gasteiger partial charge in [0.2, 0.25) is 11.8 Å². The molecule has 6 heteroatoms. The van der Waals surface area contributed by atoms with Crippen molar-refractivity contribution in [2.24, 2.45) is 10.9 Å². The van der Waals surface area contributed by atoms with Crippen LogP contribution in [0.25, 0.3) is 0 Å². The molecule has 1 aliphatic rings. The largest absolute Gasteiger partial charge is 0.326 e. The van der Waals surface area contributed by atoms with Crippen LogP contribution in [0.15, 0.2) is 23.2 Å². The van der Waals surface area contributed by atoms with Crippen LogP contribution < -0.4 is 10.6 Å². The first-order valence-electron chi connectivity index (χ1n) is 7.74. The average molecular weight is 333 g/mol. The van der Waals surface area contributed by atoms with Gasteiger partial charge >= 0.3 is 0 Å². The molecule has 5 nitrogen and oxygen atoms in total. The molecule has 1 fully saturated rings. The van der Waals surface area contributed by atoms with Crippen molar-refractivity contribution in [2.75, 3.05) is 11.9 Å². The molecule has 0 radical (unpaired) electrons. The molecular formula is C17H23N3O2S. The molecule has 2 amide bonds. The molecule has 0 unspecified atom stereocenters. The van der Waals surface area contributed by atoms with E-state index in [1.807, 2.05) is 32.0 Å². The quantitative estimate of drug-likeness (QED) is 0.870. The van der Waals surface area contributed by atoms with Crippen LogP contribution in [0.3, 0.4) is 0 Å². The number of benzene rings is 1. The summed E-state index contributed by atoms with van der Waals surface area (Å²) >= 11 is 1.33. The van der Waals surface area contributed by atoms with Crippen molar-refractivity contribution >= 4 is 34.4 Å². The van der Waals surface area contributed by atoms with E-state index in [9.17, 15) is 9.59 Å². The molecule has 0 spiro atoms. The lowest BCUT2D eigenvalue weighted by Gasteiger charge is -2.10. The molecule has 1 aromatic carbocycles. The number of amidine groups is 1. The van der Waals surface area contributed by atoms with Gasteiger partial charge in [-0.05, 0) is 31.4 Å². The van der Waals surface area contributed by atoms with Crippen molar-refractivity contribution in [3.05, 3.63) is 29.3 Å². The van der Waals surface area contributed by atoms with Crippen LogP contribution in [-0.2, 0) is 9.59 Å². The standard InChI is InChI=1S/C17H23N3O2S/c1-10(2)9-18-17-20-16(22)14(23-17)8-15(21)19-13-6-5-11(3)7-12(13)4/h5-7,10,14H,8-9H2,1-4H3,(H,19,21)(H,18,20,22)/t14-/m0/s1. The van der Waals surface area contributed by atoms with E-state index in [1.54, 1.807) is 0 Å². The summed E-state index contributed by atoms with van der Waals surface area (Å²) in [5.74, 6) is 0.134. The minimum absolute atomic E-state index is 0.143. The van der Waals surface area contributed by atoms with E-state index in [4.69, 9.17) is 0 Å². The van der Waals surface area contributed by atoms with Crippen LogP contribution in [0.2, 0.25) is 0 Å². The predicted molar refractivity (Wildman–Crippen MR) is 95.8 cm³/mol. The van der Waals surface area contributed by atoms with Crippen LogP contribution in [0.1, 0.15) is 31.4 Å². The normalized spacial score (nSPS) is 19.3. The van der Waals surface area contributed by atoms with Gasteiger partial charge in [0.1, 0.15) is 5.25 Å². The van der Waals surface area contributed by atoms with Crippen molar-refractivity contribution in [3.8, 4) is 0 Å². The molecule has 0 saturated carbocycles. The number of hydrogen-bond acceptors (Lipinski definition) is 4. The van der Waals surface area contributed by atoms with E-state index in [0.717, 1.165) is 16.8 Å². The maximum atomic E-state index is 12.2. The molecule has 124 valence electrons. The summed E-state index contributed by atoms with van der Waals surface area (Å²) in [7, 11) is 0. The van der Waals surface area contributed by atoms with E-state index in [1.165, 1.54) is 11.8 Å². The van der Waals surface area contributed by atoms with Crippen molar-refractivity contribution in [1.82, 2.24) is 5.32 Å². The van der Waals surface area contributed by atoms with Crippen LogP contribution >= 0.6 is 11.8 Å². The monoisotopic (exact) mass is 333 g/mol. The maximum Gasteiger partial charge on any atom is 0.240 e. The molecule has 1 atom stereocenters.